The molecule has 1 heterocycles. The van der Waals surface area contributed by atoms with Crippen LogP contribution in [0.3, 0.4) is 0 Å². The summed E-state index contributed by atoms with van der Waals surface area (Å²) in [6.45, 7) is 0. The van der Waals surface area contributed by atoms with Gasteiger partial charge in [-0.2, -0.15) is 0 Å². The van der Waals surface area contributed by atoms with Crippen LogP contribution in [0.5, 0.6) is 5.75 Å². The molecule has 1 aromatic heterocycles. The Hall–Kier alpha value is -3.88. The van der Waals surface area contributed by atoms with Crippen LogP contribution in [0, 0.1) is 10.1 Å². The monoisotopic (exact) mass is 421 g/mol. The lowest BCUT2D eigenvalue weighted by molar-refractivity contribution is -0.384. The minimum absolute atomic E-state index is 0.113. The summed E-state index contributed by atoms with van der Waals surface area (Å²) in [5.41, 5.74) is 1.34. The van der Waals surface area contributed by atoms with Crippen LogP contribution in [-0.4, -0.2) is 33.5 Å². The number of nitrogens with zero attached hydrogens (tertiary/aromatic N) is 3. The van der Waals surface area contributed by atoms with Crippen LogP contribution in [0.2, 0.25) is 0 Å². The van der Waals surface area contributed by atoms with E-state index in [9.17, 15) is 14.9 Å². The maximum atomic E-state index is 13.1. The first-order valence-electron chi connectivity index (χ1n) is 9.93. The highest BCUT2D eigenvalue weighted by atomic mass is 16.6. The molecule has 9 heteroatoms. The molecule has 4 rings (SSSR count). The van der Waals surface area contributed by atoms with Gasteiger partial charge >= 0.3 is 0 Å². The number of imidazole rings is 1. The highest BCUT2D eigenvalue weighted by Gasteiger charge is 2.27. The molecule has 1 saturated carbocycles. The smallest absolute Gasteiger partial charge is 0.293 e. The molecule has 1 atom stereocenters. The van der Waals surface area contributed by atoms with Crippen molar-refractivity contribution >= 4 is 17.3 Å². The van der Waals surface area contributed by atoms with E-state index in [0.717, 1.165) is 18.4 Å². The van der Waals surface area contributed by atoms with Gasteiger partial charge in [0.25, 0.3) is 11.6 Å². The molecule has 2 N–H and O–H groups in total. The third-order valence-corrected chi connectivity index (χ3v) is 5.23. The maximum Gasteiger partial charge on any atom is 0.293 e. The fraction of sp³-hybridized carbons (Fsp3) is 0.273. The van der Waals surface area contributed by atoms with E-state index in [0.29, 0.717) is 17.3 Å². The average molecular weight is 421 g/mol. The number of carbonyl (C=O) groups excluding carboxylic acids is 1. The molecule has 0 spiro atoms. The quantitative estimate of drug-likeness (QED) is 0.426. The topological polar surface area (TPSA) is 111 Å². The number of nitro benzene ring substituents is 1. The predicted octanol–water partition coefficient (Wildman–Crippen LogP) is 3.43. The molecule has 31 heavy (non-hydrogen) atoms. The zero-order valence-electron chi connectivity index (χ0n) is 17.2. The lowest BCUT2D eigenvalue weighted by Gasteiger charge is -2.19. The third kappa shape index (κ3) is 4.50. The molecule has 3 aromatic rings. The van der Waals surface area contributed by atoms with Crippen molar-refractivity contribution < 1.29 is 14.5 Å². The minimum Gasteiger partial charge on any atom is -0.497 e. The maximum absolute atomic E-state index is 13.1. The van der Waals surface area contributed by atoms with Gasteiger partial charge in [-0.1, -0.05) is 12.1 Å². The predicted molar refractivity (Wildman–Crippen MR) is 115 cm³/mol. The largest absolute Gasteiger partial charge is 0.497 e. The number of hydrogen-bond donors (Lipinski definition) is 2. The van der Waals surface area contributed by atoms with E-state index in [2.05, 4.69) is 15.6 Å². The van der Waals surface area contributed by atoms with Gasteiger partial charge in [0, 0.05) is 37.1 Å². The second-order valence-corrected chi connectivity index (χ2v) is 7.48. The first-order chi connectivity index (χ1) is 15.0. The molecule has 9 nitrogen and oxygen atoms in total. The van der Waals surface area contributed by atoms with Crippen molar-refractivity contribution in [2.45, 2.75) is 24.9 Å². The highest BCUT2D eigenvalue weighted by Crippen LogP contribution is 2.32. The van der Waals surface area contributed by atoms with Crippen LogP contribution in [0.15, 0.2) is 54.9 Å². The molecule has 1 aliphatic carbocycles. The number of rotatable bonds is 8. The van der Waals surface area contributed by atoms with Crippen molar-refractivity contribution in [3.05, 3.63) is 81.9 Å². The molecule has 0 bridgehead atoms. The molecule has 0 radical (unpaired) electrons. The summed E-state index contributed by atoms with van der Waals surface area (Å²) in [5, 5.41) is 17.6. The Labute approximate surface area is 179 Å². The molecule has 0 aliphatic heterocycles. The summed E-state index contributed by atoms with van der Waals surface area (Å²) < 4.78 is 7.03. The summed E-state index contributed by atoms with van der Waals surface area (Å²) in [6, 6.07) is 11.5. The van der Waals surface area contributed by atoms with Crippen LogP contribution in [-0.2, 0) is 7.05 Å². The second kappa shape index (κ2) is 8.47. The Balaban J connectivity index is 1.63. The number of anilines is 1. The number of nitrogens with one attached hydrogen (secondary N) is 2. The van der Waals surface area contributed by atoms with Gasteiger partial charge < -0.3 is 19.9 Å². The fourth-order valence-corrected chi connectivity index (χ4v) is 3.36. The normalized spacial score (nSPS) is 14.0. The van der Waals surface area contributed by atoms with Gasteiger partial charge in [-0.05, 0) is 42.7 Å². The minimum atomic E-state index is -0.540. The molecule has 160 valence electrons. The van der Waals surface area contributed by atoms with Gasteiger partial charge in [0.15, 0.2) is 0 Å². The summed E-state index contributed by atoms with van der Waals surface area (Å²) in [6.07, 6.45) is 5.43. The van der Waals surface area contributed by atoms with Crippen molar-refractivity contribution in [1.29, 1.82) is 0 Å². The number of amides is 1. The SMILES string of the molecule is COc1ccc(C(NC(=O)c2ccc(NC3CC3)c([N+](=O)[O-])c2)c2nccn2C)cc1. The van der Waals surface area contributed by atoms with E-state index in [1.54, 1.807) is 43.8 Å². The van der Waals surface area contributed by atoms with Gasteiger partial charge in [-0.25, -0.2) is 4.98 Å². The second-order valence-electron chi connectivity index (χ2n) is 7.48. The Bertz CT molecular complexity index is 1110. The number of ether oxygens (including phenoxy) is 1. The third-order valence-electron chi connectivity index (χ3n) is 5.23. The van der Waals surface area contributed by atoms with Crippen LogP contribution in [0.25, 0.3) is 0 Å². The van der Waals surface area contributed by atoms with Crippen LogP contribution in [0.4, 0.5) is 11.4 Å². The lowest BCUT2D eigenvalue weighted by Crippen LogP contribution is -2.31. The van der Waals surface area contributed by atoms with Gasteiger partial charge in [0.2, 0.25) is 0 Å². The molecule has 1 aliphatic rings. The number of aryl methyl sites for hydroxylation is 1. The van der Waals surface area contributed by atoms with Gasteiger partial charge in [0.05, 0.1) is 12.0 Å². The molecule has 1 amide bonds. The Morgan fingerprint density at radius 2 is 2.00 bits per heavy atom. The van der Waals surface area contributed by atoms with E-state index in [1.807, 2.05) is 23.7 Å². The zero-order chi connectivity index (χ0) is 22.0. The fourth-order valence-electron chi connectivity index (χ4n) is 3.36. The highest BCUT2D eigenvalue weighted by molar-refractivity contribution is 5.96. The first-order valence-corrected chi connectivity index (χ1v) is 9.93. The molecule has 1 fully saturated rings. The Morgan fingerprint density at radius 3 is 2.58 bits per heavy atom. The van der Waals surface area contributed by atoms with E-state index < -0.39 is 16.9 Å². The first kappa shape index (κ1) is 20.4. The summed E-state index contributed by atoms with van der Waals surface area (Å²) in [4.78, 5) is 28.5. The van der Waals surface area contributed by atoms with Crippen molar-refractivity contribution in [3.63, 3.8) is 0 Å². The number of carbonyl (C=O) groups is 1. The number of nitro groups is 1. The van der Waals surface area contributed by atoms with Gasteiger partial charge in [-0.15, -0.1) is 0 Å². The lowest BCUT2D eigenvalue weighted by atomic mass is 10.0. The van der Waals surface area contributed by atoms with Crippen molar-refractivity contribution in [1.82, 2.24) is 14.9 Å². The van der Waals surface area contributed by atoms with Crippen molar-refractivity contribution in [2.75, 3.05) is 12.4 Å². The van der Waals surface area contributed by atoms with E-state index in [-0.39, 0.29) is 17.3 Å². The summed E-state index contributed by atoms with van der Waals surface area (Å²) in [5.74, 6) is 0.910. The van der Waals surface area contributed by atoms with Crippen LogP contribution in [0.1, 0.15) is 40.6 Å². The van der Waals surface area contributed by atoms with Crippen molar-refractivity contribution in [3.8, 4) is 5.75 Å². The number of benzene rings is 2. The van der Waals surface area contributed by atoms with E-state index in [1.165, 1.54) is 6.07 Å². The molecule has 1 unspecified atom stereocenters. The number of methoxy groups -OCH3 is 1. The van der Waals surface area contributed by atoms with Gasteiger partial charge in [0.1, 0.15) is 23.3 Å². The van der Waals surface area contributed by atoms with Crippen molar-refractivity contribution in [2.24, 2.45) is 7.05 Å². The summed E-state index contributed by atoms with van der Waals surface area (Å²) in [7, 11) is 3.43. The molecule has 0 saturated heterocycles. The zero-order valence-corrected chi connectivity index (χ0v) is 17.2. The molecular formula is C22H23N5O4. The average Bonchev–Trinajstić information content (AvgIpc) is 3.49. The van der Waals surface area contributed by atoms with Crippen LogP contribution >= 0.6 is 0 Å². The van der Waals surface area contributed by atoms with Crippen LogP contribution < -0.4 is 15.4 Å². The Morgan fingerprint density at radius 1 is 1.26 bits per heavy atom. The number of aromatic nitrogens is 2. The van der Waals surface area contributed by atoms with E-state index in [4.69, 9.17) is 4.74 Å². The van der Waals surface area contributed by atoms with E-state index >= 15 is 0 Å². The number of hydrogen-bond acceptors (Lipinski definition) is 6. The summed E-state index contributed by atoms with van der Waals surface area (Å²) >= 11 is 0. The standard InChI is InChI=1S/C22H23N5O4/c1-26-12-11-23-21(26)20(14-3-8-17(31-2)9-4-14)25-22(28)15-5-10-18(24-16-6-7-16)19(13-15)27(29)30/h3-5,8-13,16,20,24H,6-7H2,1-2H3,(H,25,28). The molecular weight excluding hydrogens is 398 g/mol. The molecule has 2 aromatic carbocycles. The van der Waals surface area contributed by atoms with Gasteiger partial charge in [-0.3, -0.25) is 14.9 Å². The Kier molecular flexibility index (Phi) is 5.57.